The minimum Gasteiger partial charge on any atom is -0.381 e. The summed E-state index contributed by atoms with van der Waals surface area (Å²) < 4.78 is 7.77. The van der Waals surface area contributed by atoms with E-state index in [4.69, 9.17) is 4.74 Å². The van der Waals surface area contributed by atoms with Gasteiger partial charge in [0.15, 0.2) is 0 Å². The van der Waals surface area contributed by atoms with E-state index in [2.05, 4.69) is 33.2 Å². The summed E-state index contributed by atoms with van der Waals surface area (Å²) in [5, 5.41) is 8.45. The van der Waals surface area contributed by atoms with E-state index in [9.17, 15) is 0 Å². The number of hydrogen-bond donors (Lipinski definition) is 1. The first-order valence-corrected chi connectivity index (χ1v) is 9.85. The number of hydrogen-bond acceptors (Lipinski definition) is 4. The van der Waals surface area contributed by atoms with Gasteiger partial charge in [-0.15, -0.1) is 0 Å². The molecule has 0 amide bonds. The van der Waals surface area contributed by atoms with Gasteiger partial charge in [-0.25, -0.2) is 0 Å². The van der Waals surface area contributed by atoms with Crippen molar-refractivity contribution in [3.63, 3.8) is 0 Å². The van der Waals surface area contributed by atoms with E-state index in [0.29, 0.717) is 11.6 Å². The number of aryl methyl sites for hydroxylation is 1. The zero-order valence-electron chi connectivity index (χ0n) is 15.1. The molecule has 1 aromatic rings. The van der Waals surface area contributed by atoms with Gasteiger partial charge in [0.2, 0.25) is 0 Å². The van der Waals surface area contributed by atoms with Gasteiger partial charge in [-0.05, 0) is 58.0 Å². The van der Waals surface area contributed by atoms with Crippen LogP contribution in [0.4, 0.5) is 0 Å². The molecule has 1 unspecified atom stereocenters. The van der Waals surface area contributed by atoms with Gasteiger partial charge in [0.05, 0.1) is 6.20 Å². The average Bonchev–Trinajstić information content (AvgIpc) is 3.03. The van der Waals surface area contributed by atoms with Crippen molar-refractivity contribution >= 4 is 0 Å². The number of nitrogens with one attached hydrogen (secondary N) is 1. The minimum atomic E-state index is 0.304. The highest BCUT2D eigenvalue weighted by atomic mass is 16.5. The molecule has 1 N–H and O–H groups in total. The van der Waals surface area contributed by atoms with Gasteiger partial charge in [-0.2, -0.15) is 5.10 Å². The number of fused-ring (bicyclic) bond motifs is 1. The second-order valence-electron chi connectivity index (χ2n) is 7.88. The van der Waals surface area contributed by atoms with E-state index in [-0.39, 0.29) is 0 Å². The van der Waals surface area contributed by atoms with Crippen LogP contribution >= 0.6 is 0 Å². The van der Waals surface area contributed by atoms with Crippen LogP contribution in [-0.4, -0.2) is 53.1 Å². The molecule has 0 spiro atoms. The van der Waals surface area contributed by atoms with E-state index >= 15 is 0 Å². The van der Waals surface area contributed by atoms with Crippen molar-refractivity contribution in [1.29, 1.82) is 0 Å². The Hall–Kier alpha value is -0.910. The maximum absolute atomic E-state index is 5.70. The van der Waals surface area contributed by atoms with Crippen LogP contribution < -0.4 is 5.32 Å². The fourth-order valence-corrected chi connectivity index (χ4v) is 4.96. The first-order valence-electron chi connectivity index (χ1n) is 9.85. The summed E-state index contributed by atoms with van der Waals surface area (Å²) in [7, 11) is 2.08. The minimum absolute atomic E-state index is 0.304. The average molecular weight is 332 g/mol. The molecule has 1 aromatic heterocycles. The van der Waals surface area contributed by atoms with Crippen LogP contribution in [0.1, 0.15) is 62.2 Å². The van der Waals surface area contributed by atoms with Gasteiger partial charge in [0.25, 0.3) is 0 Å². The fourth-order valence-electron chi connectivity index (χ4n) is 4.96. The van der Waals surface area contributed by atoms with Crippen molar-refractivity contribution in [3.8, 4) is 0 Å². The molecule has 2 aliphatic heterocycles. The quantitative estimate of drug-likeness (QED) is 0.919. The predicted molar refractivity (Wildman–Crippen MR) is 95.1 cm³/mol. The van der Waals surface area contributed by atoms with Crippen LogP contribution in [-0.2, 0) is 18.2 Å². The molecular formula is C19H32N4O. The number of nitrogens with zero attached hydrogens (tertiary/aromatic N) is 3. The van der Waals surface area contributed by atoms with Crippen LogP contribution in [0.5, 0.6) is 0 Å². The maximum atomic E-state index is 5.70. The normalized spacial score (nSPS) is 27.8. The molecule has 0 bridgehead atoms. The van der Waals surface area contributed by atoms with E-state index in [1.807, 2.05) is 0 Å². The number of aromatic nitrogens is 2. The highest BCUT2D eigenvalue weighted by Gasteiger charge is 2.39. The lowest BCUT2D eigenvalue weighted by atomic mass is 9.85. The Morgan fingerprint density at radius 1 is 1.21 bits per heavy atom. The molecule has 4 rings (SSSR count). The summed E-state index contributed by atoms with van der Waals surface area (Å²) in [5.74, 6) is 0. The molecule has 1 atom stereocenters. The first kappa shape index (κ1) is 16.6. The molecule has 5 nitrogen and oxygen atoms in total. The Kier molecular flexibility index (Phi) is 4.93. The van der Waals surface area contributed by atoms with E-state index in [0.717, 1.165) is 19.8 Å². The number of likely N-dealkylation sites (tertiary alicyclic amines) is 1. The third-order valence-electron chi connectivity index (χ3n) is 6.50. The highest BCUT2D eigenvalue weighted by Crippen LogP contribution is 2.33. The standard InChI is InChI=1S/C19H32N4O/c1-22-18-7-5-6-17(16(18)14-21-22)20-15-19(8-12-24-13-9-19)23-10-3-2-4-11-23/h14,17,20H,2-13,15H2,1H3. The fraction of sp³-hybridized carbons (Fsp3) is 0.842. The van der Waals surface area contributed by atoms with Gasteiger partial charge in [0.1, 0.15) is 0 Å². The SMILES string of the molecule is Cn1ncc2c1CCCC2NCC1(N2CCCCC2)CCOCC1. The molecule has 2 fully saturated rings. The number of piperidine rings is 1. The number of ether oxygens (including phenoxy) is 1. The lowest BCUT2D eigenvalue weighted by Gasteiger charge is -2.49. The lowest BCUT2D eigenvalue weighted by Crippen LogP contribution is -2.59. The summed E-state index contributed by atoms with van der Waals surface area (Å²) in [6.45, 7) is 5.46. The van der Waals surface area contributed by atoms with Crippen molar-refractivity contribution in [2.75, 3.05) is 32.8 Å². The zero-order chi connectivity index (χ0) is 16.4. The molecule has 0 aromatic carbocycles. The third-order valence-corrected chi connectivity index (χ3v) is 6.50. The largest absolute Gasteiger partial charge is 0.381 e. The molecule has 0 saturated carbocycles. The van der Waals surface area contributed by atoms with E-state index in [1.54, 1.807) is 0 Å². The molecule has 2 saturated heterocycles. The molecular weight excluding hydrogens is 300 g/mol. The molecule has 1 aliphatic carbocycles. The van der Waals surface area contributed by atoms with Crippen LogP contribution in [0.25, 0.3) is 0 Å². The van der Waals surface area contributed by atoms with Gasteiger partial charge >= 0.3 is 0 Å². The summed E-state index contributed by atoms with van der Waals surface area (Å²) in [5.41, 5.74) is 3.17. The van der Waals surface area contributed by atoms with E-state index in [1.165, 1.54) is 75.7 Å². The van der Waals surface area contributed by atoms with Crippen molar-refractivity contribution in [3.05, 3.63) is 17.5 Å². The second-order valence-corrected chi connectivity index (χ2v) is 7.88. The third kappa shape index (κ3) is 3.14. The van der Waals surface area contributed by atoms with E-state index < -0.39 is 0 Å². The lowest BCUT2D eigenvalue weighted by molar-refractivity contribution is -0.0370. The van der Waals surface area contributed by atoms with Crippen LogP contribution in [0.2, 0.25) is 0 Å². The first-order chi connectivity index (χ1) is 11.8. The predicted octanol–water partition coefficient (Wildman–Crippen LogP) is 2.42. The van der Waals surface area contributed by atoms with Gasteiger partial charge in [0, 0.05) is 49.6 Å². The summed E-state index contributed by atoms with van der Waals surface area (Å²) >= 11 is 0. The summed E-state index contributed by atoms with van der Waals surface area (Å²) in [6, 6.07) is 0.479. The molecule has 24 heavy (non-hydrogen) atoms. The Bertz CT molecular complexity index is 544. The van der Waals surface area contributed by atoms with Crippen molar-refractivity contribution in [1.82, 2.24) is 20.0 Å². The Balaban J connectivity index is 1.47. The summed E-state index contributed by atoms with van der Waals surface area (Å²) in [6.07, 6.45) is 12.2. The van der Waals surface area contributed by atoms with Crippen LogP contribution in [0.15, 0.2) is 6.20 Å². The molecule has 0 radical (unpaired) electrons. The topological polar surface area (TPSA) is 42.3 Å². The molecule has 5 heteroatoms. The van der Waals surface area contributed by atoms with Gasteiger partial charge in [-0.3, -0.25) is 9.58 Å². The van der Waals surface area contributed by atoms with Gasteiger partial charge < -0.3 is 10.1 Å². The van der Waals surface area contributed by atoms with Crippen molar-refractivity contribution < 1.29 is 4.74 Å². The summed E-state index contributed by atoms with van der Waals surface area (Å²) in [4.78, 5) is 2.78. The Labute approximate surface area is 145 Å². The van der Waals surface area contributed by atoms with Crippen molar-refractivity contribution in [2.45, 2.75) is 62.9 Å². The molecule has 3 aliphatic rings. The second kappa shape index (κ2) is 7.14. The molecule has 3 heterocycles. The maximum Gasteiger partial charge on any atom is 0.0540 e. The van der Waals surface area contributed by atoms with Crippen LogP contribution in [0, 0.1) is 0 Å². The smallest absolute Gasteiger partial charge is 0.0540 e. The van der Waals surface area contributed by atoms with Gasteiger partial charge in [-0.1, -0.05) is 6.42 Å². The Morgan fingerprint density at radius 3 is 2.79 bits per heavy atom. The molecule has 134 valence electrons. The number of rotatable bonds is 4. The van der Waals surface area contributed by atoms with Crippen molar-refractivity contribution in [2.24, 2.45) is 7.05 Å². The monoisotopic (exact) mass is 332 g/mol. The Morgan fingerprint density at radius 2 is 2.00 bits per heavy atom. The van der Waals surface area contributed by atoms with Crippen LogP contribution in [0.3, 0.4) is 0 Å². The highest BCUT2D eigenvalue weighted by molar-refractivity contribution is 5.24. The zero-order valence-corrected chi connectivity index (χ0v) is 15.1.